The largest absolute Gasteiger partial charge is 0.352 e. The number of nitrogens with zero attached hydrogens (tertiary/aromatic N) is 6. The predicted octanol–water partition coefficient (Wildman–Crippen LogP) is 3.93. The van der Waals surface area contributed by atoms with Crippen molar-refractivity contribution in [2.45, 2.75) is 26.3 Å². The monoisotopic (exact) mass is 349 g/mol. The first kappa shape index (κ1) is 17.4. The minimum Gasteiger partial charge on any atom is -0.352 e. The lowest BCUT2D eigenvalue weighted by atomic mass is 10.2. The van der Waals surface area contributed by atoms with E-state index in [1.807, 2.05) is 18.2 Å². The molecule has 1 amide bonds. The van der Waals surface area contributed by atoms with Gasteiger partial charge >= 0.3 is 0 Å². The minimum absolute atomic E-state index is 0.225. The van der Waals surface area contributed by atoms with Gasteiger partial charge in [-0.1, -0.05) is 12.1 Å². The standard InChI is InChI=1S/C18H19N7O/c1-12(2)25-15-6-4-3-5-14(15)22-17(25)9-10-20-18(26)13-7-8-16(21-11-13)23-24-19/h3-8,11-12H,9-10H2,1-2H3,(H,20,26). The first-order valence-electron chi connectivity index (χ1n) is 8.35. The number of para-hydroxylation sites is 2. The number of imidazole rings is 1. The van der Waals surface area contributed by atoms with E-state index in [2.05, 4.69) is 49.8 Å². The van der Waals surface area contributed by atoms with E-state index in [-0.39, 0.29) is 17.8 Å². The lowest BCUT2D eigenvalue weighted by molar-refractivity contribution is 0.0953. The Kier molecular flexibility index (Phi) is 5.15. The Morgan fingerprint density at radius 1 is 1.31 bits per heavy atom. The van der Waals surface area contributed by atoms with E-state index in [0.717, 1.165) is 16.9 Å². The van der Waals surface area contributed by atoms with Crippen molar-refractivity contribution in [1.29, 1.82) is 0 Å². The highest BCUT2D eigenvalue weighted by Crippen LogP contribution is 2.21. The number of azide groups is 1. The smallest absolute Gasteiger partial charge is 0.252 e. The maximum atomic E-state index is 12.2. The van der Waals surface area contributed by atoms with Crippen molar-refractivity contribution in [3.63, 3.8) is 0 Å². The molecular formula is C18H19N7O. The Balaban J connectivity index is 1.68. The fraction of sp³-hybridized carbons (Fsp3) is 0.278. The Labute approximate surface area is 150 Å². The van der Waals surface area contributed by atoms with Crippen LogP contribution >= 0.6 is 0 Å². The summed E-state index contributed by atoms with van der Waals surface area (Å²) < 4.78 is 2.19. The summed E-state index contributed by atoms with van der Waals surface area (Å²) in [5.74, 6) is 0.949. The molecule has 2 heterocycles. The number of carbonyl (C=O) groups is 1. The molecule has 3 rings (SSSR count). The number of hydrogen-bond acceptors (Lipinski definition) is 4. The normalized spacial score (nSPS) is 10.7. The molecule has 132 valence electrons. The molecule has 0 aliphatic carbocycles. The van der Waals surface area contributed by atoms with E-state index in [1.54, 1.807) is 6.07 Å². The van der Waals surface area contributed by atoms with Gasteiger partial charge in [0.25, 0.3) is 5.91 Å². The Hall–Kier alpha value is -3.38. The third kappa shape index (κ3) is 3.65. The molecular weight excluding hydrogens is 330 g/mol. The summed E-state index contributed by atoms with van der Waals surface area (Å²) in [5.41, 5.74) is 10.8. The summed E-state index contributed by atoms with van der Waals surface area (Å²) in [6.45, 7) is 4.70. The van der Waals surface area contributed by atoms with Gasteiger partial charge in [0, 0.05) is 30.1 Å². The molecule has 0 unspecified atom stereocenters. The van der Waals surface area contributed by atoms with E-state index in [9.17, 15) is 4.79 Å². The van der Waals surface area contributed by atoms with Gasteiger partial charge in [0.15, 0.2) is 0 Å². The second-order valence-corrected chi connectivity index (χ2v) is 6.08. The third-order valence-electron chi connectivity index (χ3n) is 3.98. The molecule has 8 nitrogen and oxygen atoms in total. The maximum Gasteiger partial charge on any atom is 0.252 e. The van der Waals surface area contributed by atoms with Crippen molar-refractivity contribution in [2.24, 2.45) is 5.11 Å². The zero-order chi connectivity index (χ0) is 18.5. The molecule has 26 heavy (non-hydrogen) atoms. The fourth-order valence-corrected chi connectivity index (χ4v) is 2.86. The first-order valence-corrected chi connectivity index (χ1v) is 8.35. The number of benzene rings is 1. The van der Waals surface area contributed by atoms with Gasteiger partial charge in [-0.05, 0) is 48.8 Å². The molecule has 0 fully saturated rings. The van der Waals surface area contributed by atoms with Gasteiger partial charge in [-0.25, -0.2) is 4.98 Å². The second kappa shape index (κ2) is 7.67. The summed E-state index contributed by atoms with van der Waals surface area (Å²) in [5, 5.41) is 6.26. The Morgan fingerprint density at radius 2 is 2.12 bits per heavy atom. The van der Waals surface area contributed by atoms with Gasteiger partial charge in [-0.2, -0.15) is 0 Å². The molecule has 2 aromatic heterocycles. The second-order valence-electron chi connectivity index (χ2n) is 6.08. The number of amides is 1. The molecule has 0 aliphatic rings. The van der Waals surface area contributed by atoms with Gasteiger partial charge in [-0.15, -0.1) is 0 Å². The number of rotatable bonds is 6. The number of pyridine rings is 1. The average Bonchev–Trinajstić information content (AvgIpc) is 3.01. The van der Waals surface area contributed by atoms with Crippen LogP contribution in [0.2, 0.25) is 0 Å². The van der Waals surface area contributed by atoms with Crippen LogP contribution in [0.15, 0.2) is 47.7 Å². The van der Waals surface area contributed by atoms with Gasteiger partial charge in [-0.3, -0.25) is 9.78 Å². The van der Waals surface area contributed by atoms with E-state index in [0.29, 0.717) is 18.5 Å². The van der Waals surface area contributed by atoms with Crippen LogP contribution in [0.3, 0.4) is 0 Å². The molecule has 1 aromatic carbocycles. The molecule has 0 aliphatic heterocycles. The summed E-state index contributed by atoms with van der Waals surface area (Å²) in [6, 6.07) is 11.4. The molecule has 3 aromatic rings. The van der Waals surface area contributed by atoms with Crippen LogP contribution in [-0.4, -0.2) is 27.0 Å². The molecule has 8 heteroatoms. The Morgan fingerprint density at radius 3 is 2.81 bits per heavy atom. The van der Waals surface area contributed by atoms with Crippen molar-refractivity contribution in [3.8, 4) is 0 Å². The van der Waals surface area contributed by atoms with Gasteiger partial charge in [0.2, 0.25) is 0 Å². The highest BCUT2D eigenvalue weighted by molar-refractivity contribution is 5.94. The van der Waals surface area contributed by atoms with Crippen molar-refractivity contribution < 1.29 is 4.79 Å². The molecule has 0 atom stereocenters. The third-order valence-corrected chi connectivity index (χ3v) is 3.98. The van der Waals surface area contributed by atoms with E-state index >= 15 is 0 Å². The molecule has 1 N–H and O–H groups in total. The average molecular weight is 349 g/mol. The molecule has 0 saturated carbocycles. The van der Waals surface area contributed by atoms with Crippen LogP contribution in [0.25, 0.3) is 21.5 Å². The minimum atomic E-state index is -0.225. The zero-order valence-corrected chi connectivity index (χ0v) is 14.6. The van der Waals surface area contributed by atoms with Crippen LogP contribution in [0, 0.1) is 0 Å². The highest BCUT2D eigenvalue weighted by Gasteiger charge is 2.13. The number of hydrogen-bond donors (Lipinski definition) is 1. The van der Waals surface area contributed by atoms with E-state index < -0.39 is 0 Å². The maximum absolute atomic E-state index is 12.2. The van der Waals surface area contributed by atoms with Gasteiger partial charge < -0.3 is 9.88 Å². The van der Waals surface area contributed by atoms with Crippen LogP contribution in [0.4, 0.5) is 5.82 Å². The van der Waals surface area contributed by atoms with Crippen LogP contribution < -0.4 is 5.32 Å². The molecule has 0 radical (unpaired) electrons. The summed E-state index contributed by atoms with van der Waals surface area (Å²) >= 11 is 0. The zero-order valence-electron chi connectivity index (χ0n) is 14.6. The lowest BCUT2D eigenvalue weighted by Gasteiger charge is -2.13. The Bertz CT molecular complexity index is 969. The number of nitrogens with one attached hydrogen (secondary N) is 1. The molecule has 0 saturated heterocycles. The van der Waals surface area contributed by atoms with Crippen molar-refractivity contribution in [1.82, 2.24) is 19.9 Å². The quantitative estimate of drug-likeness (QED) is 0.413. The topological polar surface area (TPSA) is 109 Å². The molecule has 0 bridgehead atoms. The van der Waals surface area contributed by atoms with Crippen LogP contribution in [0.1, 0.15) is 36.1 Å². The van der Waals surface area contributed by atoms with E-state index in [1.165, 1.54) is 12.3 Å². The van der Waals surface area contributed by atoms with Gasteiger partial charge in [0.1, 0.15) is 11.6 Å². The van der Waals surface area contributed by atoms with Crippen LogP contribution in [0.5, 0.6) is 0 Å². The molecule has 0 spiro atoms. The lowest BCUT2D eigenvalue weighted by Crippen LogP contribution is -2.26. The summed E-state index contributed by atoms with van der Waals surface area (Å²) in [6.07, 6.45) is 2.02. The summed E-state index contributed by atoms with van der Waals surface area (Å²) in [4.78, 5) is 23.5. The van der Waals surface area contributed by atoms with Crippen molar-refractivity contribution in [2.75, 3.05) is 6.54 Å². The number of carbonyl (C=O) groups excluding carboxylic acids is 1. The van der Waals surface area contributed by atoms with Crippen LogP contribution in [-0.2, 0) is 6.42 Å². The van der Waals surface area contributed by atoms with E-state index in [4.69, 9.17) is 5.53 Å². The summed E-state index contributed by atoms with van der Waals surface area (Å²) in [7, 11) is 0. The number of aromatic nitrogens is 3. The SMILES string of the molecule is CC(C)n1c(CCNC(=O)c2ccc(N=[N+]=[N-])nc2)nc2ccccc21. The predicted molar refractivity (Wildman–Crippen MR) is 99.2 cm³/mol. The van der Waals surface area contributed by atoms with Crippen molar-refractivity contribution in [3.05, 3.63) is 64.4 Å². The number of fused-ring (bicyclic) bond motifs is 1. The fourth-order valence-electron chi connectivity index (χ4n) is 2.86. The van der Waals surface area contributed by atoms with Gasteiger partial charge in [0.05, 0.1) is 16.6 Å². The highest BCUT2D eigenvalue weighted by atomic mass is 16.1. The van der Waals surface area contributed by atoms with Crippen molar-refractivity contribution >= 4 is 22.8 Å². The first-order chi connectivity index (χ1) is 12.6.